The number of hydrogen-bond acceptors (Lipinski definition) is 4. The van der Waals surface area contributed by atoms with Gasteiger partial charge >= 0.3 is 0 Å². The molecule has 1 heterocycles. The highest BCUT2D eigenvalue weighted by atomic mass is 35.5. The molecule has 5 nitrogen and oxygen atoms in total. The monoisotopic (exact) mass is 310 g/mol. The van der Waals surface area contributed by atoms with Crippen molar-refractivity contribution < 1.29 is 4.21 Å². The van der Waals surface area contributed by atoms with Gasteiger partial charge in [-0.3, -0.25) is 4.21 Å². The molecule has 0 aliphatic rings. The number of para-hydroxylation sites is 1. The molecule has 0 unspecified atom stereocenters. The normalized spacial score (nSPS) is 12.3. The van der Waals surface area contributed by atoms with E-state index in [1.165, 1.54) is 0 Å². The molecule has 1 aromatic carbocycles. The zero-order valence-corrected chi connectivity index (χ0v) is 12.9. The van der Waals surface area contributed by atoms with E-state index >= 15 is 0 Å². The first-order valence-corrected chi connectivity index (χ1v) is 7.87. The highest BCUT2D eigenvalue weighted by Crippen LogP contribution is 2.19. The fraction of sp³-hybridized carbons (Fsp3) is 0.308. The molecule has 0 bridgehead atoms. The molecule has 0 aliphatic carbocycles. The molecule has 1 atom stereocenters. The number of aryl methyl sites for hydroxylation is 2. The lowest BCUT2D eigenvalue weighted by Gasteiger charge is -2.10. The standard InChI is InChI=1S/C13H15ClN4OS/c1-9-5-4-6-10(2)13(9)18-12(15-16-17-18)8-20(19)7-11(3)14/h4-6H,3,7-8H2,1-2H3/t20-/m0/s1. The Morgan fingerprint density at radius 2 is 2.05 bits per heavy atom. The van der Waals surface area contributed by atoms with Crippen LogP contribution in [0.5, 0.6) is 0 Å². The highest BCUT2D eigenvalue weighted by Gasteiger charge is 2.15. The minimum atomic E-state index is -1.17. The average molecular weight is 311 g/mol. The SMILES string of the molecule is C=C(Cl)C[S@](=O)Cc1nnnn1-c1c(C)cccc1C. The third kappa shape index (κ3) is 3.32. The molecule has 0 aliphatic heterocycles. The van der Waals surface area contributed by atoms with E-state index in [1.807, 2.05) is 32.0 Å². The summed E-state index contributed by atoms with van der Waals surface area (Å²) in [5.74, 6) is 1.03. The second-order valence-corrected chi connectivity index (χ2v) is 6.48. The van der Waals surface area contributed by atoms with E-state index in [2.05, 4.69) is 22.1 Å². The molecule has 20 heavy (non-hydrogen) atoms. The Morgan fingerprint density at radius 3 is 2.65 bits per heavy atom. The van der Waals surface area contributed by atoms with E-state index in [0.717, 1.165) is 16.8 Å². The first-order valence-electron chi connectivity index (χ1n) is 6.01. The third-order valence-corrected chi connectivity index (χ3v) is 4.34. The molecule has 0 radical (unpaired) electrons. The number of tetrazole rings is 1. The van der Waals surface area contributed by atoms with Crippen LogP contribution >= 0.6 is 11.6 Å². The van der Waals surface area contributed by atoms with Gasteiger partial charge in [0.05, 0.1) is 17.2 Å². The molecule has 7 heteroatoms. The van der Waals surface area contributed by atoms with Crippen molar-refractivity contribution in [2.24, 2.45) is 0 Å². The van der Waals surface area contributed by atoms with Crippen molar-refractivity contribution >= 4 is 22.4 Å². The number of rotatable bonds is 5. The summed E-state index contributed by atoms with van der Waals surface area (Å²) in [6.07, 6.45) is 0. The van der Waals surface area contributed by atoms with Crippen molar-refractivity contribution in [1.29, 1.82) is 0 Å². The number of hydrogen-bond donors (Lipinski definition) is 0. The van der Waals surface area contributed by atoms with Gasteiger partial charge in [-0.25, -0.2) is 0 Å². The molecule has 0 spiro atoms. The number of aromatic nitrogens is 4. The summed E-state index contributed by atoms with van der Waals surface area (Å²) in [6.45, 7) is 7.53. The van der Waals surface area contributed by atoms with Gasteiger partial charge in [-0.15, -0.1) is 5.10 Å². The maximum atomic E-state index is 11.9. The first kappa shape index (κ1) is 14.9. The molecule has 106 valence electrons. The molecule has 0 amide bonds. The highest BCUT2D eigenvalue weighted by molar-refractivity contribution is 7.84. The van der Waals surface area contributed by atoms with Crippen LogP contribution in [0.25, 0.3) is 5.69 Å². The number of benzene rings is 1. The summed E-state index contributed by atoms with van der Waals surface area (Å²) in [4.78, 5) is 0. The van der Waals surface area contributed by atoms with Crippen molar-refractivity contribution in [3.8, 4) is 5.69 Å². The quantitative estimate of drug-likeness (QED) is 0.850. The topological polar surface area (TPSA) is 60.7 Å². The van der Waals surface area contributed by atoms with Gasteiger partial charge in [0.2, 0.25) is 0 Å². The van der Waals surface area contributed by atoms with E-state index in [0.29, 0.717) is 10.9 Å². The molecule has 2 aromatic rings. The van der Waals surface area contributed by atoms with E-state index in [-0.39, 0.29) is 11.5 Å². The van der Waals surface area contributed by atoms with Crippen LogP contribution in [-0.4, -0.2) is 30.2 Å². The summed E-state index contributed by atoms with van der Waals surface area (Å²) in [6, 6.07) is 5.96. The fourth-order valence-electron chi connectivity index (χ4n) is 1.98. The van der Waals surface area contributed by atoms with Crippen molar-refractivity contribution in [1.82, 2.24) is 20.2 Å². The van der Waals surface area contributed by atoms with E-state index in [1.54, 1.807) is 4.68 Å². The molecular formula is C13H15ClN4OS. The molecular weight excluding hydrogens is 296 g/mol. The first-order chi connectivity index (χ1) is 9.49. The van der Waals surface area contributed by atoms with E-state index in [4.69, 9.17) is 11.6 Å². The maximum Gasteiger partial charge on any atom is 0.169 e. The third-order valence-electron chi connectivity index (χ3n) is 2.79. The zero-order chi connectivity index (χ0) is 14.7. The van der Waals surface area contributed by atoms with Gasteiger partial charge in [0.25, 0.3) is 0 Å². The maximum absolute atomic E-state index is 11.9. The minimum absolute atomic E-state index is 0.237. The van der Waals surface area contributed by atoms with Gasteiger partial charge < -0.3 is 0 Å². The Labute approximate surface area is 125 Å². The molecule has 0 saturated heterocycles. The van der Waals surface area contributed by atoms with Gasteiger partial charge in [0, 0.05) is 15.8 Å². The average Bonchev–Trinajstić information content (AvgIpc) is 2.76. The van der Waals surface area contributed by atoms with Crippen LogP contribution in [0.15, 0.2) is 29.8 Å². The predicted molar refractivity (Wildman–Crippen MR) is 80.3 cm³/mol. The van der Waals surface area contributed by atoms with Gasteiger partial charge in [-0.1, -0.05) is 36.4 Å². The Kier molecular flexibility index (Phi) is 4.67. The number of nitrogens with zero attached hydrogens (tertiary/aromatic N) is 4. The zero-order valence-electron chi connectivity index (χ0n) is 11.3. The van der Waals surface area contributed by atoms with Gasteiger partial charge in [-0.05, 0) is 35.4 Å². The van der Waals surface area contributed by atoms with Crippen molar-refractivity contribution in [3.63, 3.8) is 0 Å². The molecule has 1 aromatic heterocycles. The summed E-state index contributed by atoms with van der Waals surface area (Å²) < 4.78 is 13.6. The lowest BCUT2D eigenvalue weighted by molar-refractivity contribution is 0.681. The van der Waals surface area contributed by atoms with Crippen molar-refractivity contribution in [2.45, 2.75) is 19.6 Å². The lowest BCUT2D eigenvalue weighted by atomic mass is 10.1. The predicted octanol–water partition coefficient (Wildman–Crippen LogP) is 2.28. The summed E-state index contributed by atoms with van der Waals surface area (Å²) in [5, 5.41) is 12.0. The van der Waals surface area contributed by atoms with Crippen LogP contribution < -0.4 is 0 Å². The fourth-order valence-corrected chi connectivity index (χ4v) is 3.26. The second-order valence-electron chi connectivity index (χ2n) is 4.49. The van der Waals surface area contributed by atoms with Gasteiger partial charge in [0.15, 0.2) is 5.82 Å². The Morgan fingerprint density at radius 1 is 1.40 bits per heavy atom. The van der Waals surface area contributed by atoms with Crippen LogP contribution in [0, 0.1) is 13.8 Å². The molecule has 0 saturated carbocycles. The molecule has 0 fully saturated rings. The van der Waals surface area contributed by atoms with Crippen molar-refractivity contribution in [3.05, 3.63) is 46.8 Å². The smallest absolute Gasteiger partial charge is 0.169 e. The number of halogens is 1. The van der Waals surface area contributed by atoms with Crippen molar-refractivity contribution in [2.75, 3.05) is 5.75 Å². The van der Waals surface area contributed by atoms with Crippen LogP contribution in [-0.2, 0) is 16.6 Å². The van der Waals surface area contributed by atoms with Crippen LogP contribution in [0.1, 0.15) is 17.0 Å². The summed E-state index contributed by atoms with van der Waals surface area (Å²) >= 11 is 5.67. The molecule has 0 N–H and O–H groups in total. The second kappa shape index (κ2) is 6.28. The van der Waals surface area contributed by atoms with E-state index in [9.17, 15) is 4.21 Å². The van der Waals surface area contributed by atoms with Crippen LogP contribution in [0.2, 0.25) is 0 Å². The Bertz CT molecular complexity index is 648. The lowest BCUT2D eigenvalue weighted by Crippen LogP contribution is -2.10. The van der Waals surface area contributed by atoms with E-state index < -0.39 is 10.8 Å². The van der Waals surface area contributed by atoms with Crippen LogP contribution in [0.4, 0.5) is 0 Å². The van der Waals surface area contributed by atoms with Gasteiger partial charge in [-0.2, -0.15) is 4.68 Å². The Balaban J connectivity index is 2.34. The largest absolute Gasteiger partial charge is 0.259 e. The van der Waals surface area contributed by atoms with Gasteiger partial charge in [0.1, 0.15) is 0 Å². The minimum Gasteiger partial charge on any atom is -0.259 e. The Hall–Kier alpha value is -1.53. The summed E-state index contributed by atoms with van der Waals surface area (Å²) in [7, 11) is -1.17. The molecule has 2 rings (SSSR count). The van der Waals surface area contributed by atoms with Crippen LogP contribution in [0.3, 0.4) is 0 Å². The summed E-state index contributed by atoms with van der Waals surface area (Å²) in [5.41, 5.74) is 3.05.